The van der Waals surface area contributed by atoms with E-state index in [9.17, 15) is 10.1 Å². The maximum Gasteiger partial charge on any atom is 0.311 e. The molecule has 0 saturated heterocycles. The molecule has 0 fully saturated rings. The van der Waals surface area contributed by atoms with Gasteiger partial charge < -0.3 is 5.32 Å². The van der Waals surface area contributed by atoms with Crippen molar-refractivity contribution in [2.75, 3.05) is 5.32 Å². The van der Waals surface area contributed by atoms with Crippen molar-refractivity contribution in [3.05, 3.63) is 54.6 Å². The minimum Gasteiger partial charge on any atom is -0.333 e. The zero-order valence-electron chi connectivity index (χ0n) is 10.2. The first-order valence-corrected chi connectivity index (χ1v) is 6.97. The molecule has 104 valence electrons. The Bertz CT molecular complexity index is 695. The van der Waals surface area contributed by atoms with Gasteiger partial charge in [0.25, 0.3) is 0 Å². The number of benzene rings is 1. The number of halogens is 3. The van der Waals surface area contributed by atoms with Crippen LogP contribution in [-0.4, -0.2) is 9.91 Å². The molecule has 1 aromatic heterocycles. The van der Waals surface area contributed by atoms with Crippen molar-refractivity contribution in [2.24, 2.45) is 0 Å². The number of aromatic nitrogens is 1. The molecule has 0 atom stereocenters. The van der Waals surface area contributed by atoms with Gasteiger partial charge in [-0.25, -0.2) is 4.98 Å². The van der Waals surface area contributed by atoms with Crippen LogP contribution in [0.25, 0.3) is 0 Å². The molecule has 0 radical (unpaired) electrons. The van der Waals surface area contributed by atoms with Gasteiger partial charge in [0.2, 0.25) is 5.82 Å². The minimum atomic E-state index is -0.532. The second-order valence-corrected chi connectivity index (χ2v) is 5.61. The number of nitro groups is 1. The largest absolute Gasteiger partial charge is 0.333 e. The van der Waals surface area contributed by atoms with E-state index in [-0.39, 0.29) is 16.7 Å². The van der Waals surface area contributed by atoms with Crippen molar-refractivity contribution in [3.8, 4) is 0 Å². The third kappa shape index (κ3) is 3.20. The molecule has 1 N–H and O–H groups in total. The van der Waals surface area contributed by atoms with Gasteiger partial charge in [0.15, 0.2) is 0 Å². The number of hydrogen-bond donors (Lipinski definition) is 1. The highest BCUT2D eigenvalue weighted by Gasteiger charge is 2.17. The lowest BCUT2D eigenvalue weighted by Gasteiger charge is -2.10. The second-order valence-electron chi connectivity index (χ2n) is 3.97. The molecule has 1 aromatic carbocycles. The highest BCUT2D eigenvalue weighted by molar-refractivity contribution is 9.10. The molecule has 0 bridgehead atoms. The number of nitrogens with one attached hydrogen (secondary N) is 1. The summed E-state index contributed by atoms with van der Waals surface area (Å²) in [4.78, 5) is 14.4. The minimum absolute atomic E-state index is 0.0584. The van der Waals surface area contributed by atoms with Crippen molar-refractivity contribution in [3.63, 3.8) is 0 Å². The van der Waals surface area contributed by atoms with Gasteiger partial charge in [0, 0.05) is 15.6 Å². The Kier molecular flexibility index (Phi) is 4.47. The summed E-state index contributed by atoms with van der Waals surface area (Å²) in [5.41, 5.74) is 1.29. The predicted octanol–water partition coefficient (Wildman–Crippen LogP) is 5.11. The van der Waals surface area contributed by atoms with E-state index in [1.54, 1.807) is 12.1 Å². The molecule has 0 aliphatic heterocycles. The van der Waals surface area contributed by atoms with Crippen LogP contribution in [-0.2, 0) is 0 Å². The molecule has 2 aromatic rings. The van der Waals surface area contributed by atoms with E-state index in [4.69, 9.17) is 23.2 Å². The monoisotopic (exact) mass is 375 g/mol. The zero-order valence-corrected chi connectivity index (χ0v) is 13.3. The first-order valence-electron chi connectivity index (χ1n) is 5.42. The number of hydrogen-bond acceptors (Lipinski definition) is 4. The molecule has 0 aliphatic carbocycles. The number of rotatable bonds is 3. The van der Waals surface area contributed by atoms with Gasteiger partial charge in [-0.15, -0.1) is 0 Å². The number of nitrogens with zero attached hydrogens (tertiary/aromatic N) is 2. The van der Waals surface area contributed by atoms with Crippen LogP contribution in [0.2, 0.25) is 10.2 Å². The summed E-state index contributed by atoms with van der Waals surface area (Å²) in [5.74, 6) is 0.0584. The molecule has 1 heterocycles. The summed E-state index contributed by atoms with van der Waals surface area (Å²) in [6, 6.07) is 6.12. The number of anilines is 2. The fourth-order valence-corrected chi connectivity index (χ4v) is 2.41. The smallest absolute Gasteiger partial charge is 0.311 e. The Morgan fingerprint density at radius 1 is 1.35 bits per heavy atom. The lowest BCUT2D eigenvalue weighted by molar-refractivity contribution is -0.384. The van der Waals surface area contributed by atoms with Crippen LogP contribution in [0.1, 0.15) is 5.56 Å². The fourth-order valence-electron chi connectivity index (χ4n) is 1.54. The molecule has 0 amide bonds. The van der Waals surface area contributed by atoms with Gasteiger partial charge >= 0.3 is 5.69 Å². The van der Waals surface area contributed by atoms with Crippen LogP contribution in [0.3, 0.4) is 0 Å². The van der Waals surface area contributed by atoms with Crippen LogP contribution >= 0.6 is 39.1 Å². The Morgan fingerprint density at radius 3 is 2.70 bits per heavy atom. The summed E-state index contributed by atoms with van der Waals surface area (Å²) >= 11 is 15.2. The van der Waals surface area contributed by atoms with Crippen molar-refractivity contribution in [2.45, 2.75) is 6.92 Å². The van der Waals surface area contributed by atoms with E-state index in [1.165, 1.54) is 12.1 Å². The first kappa shape index (κ1) is 15.0. The van der Waals surface area contributed by atoms with Crippen molar-refractivity contribution < 1.29 is 4.92 Å². The predicted molar refractivity (Wildman–Crippen MR) is 83.1 cm³/mol. The van der Waals surface area contributed by atoms with Gasteiger partial charge in [0.05, 0.1) is 10.6 Å². The molecule has 2 rings (SSSR count). The van der Waals surface area contributed by atoms with Crippen LogP contribution in [0, 0.1) is 17.0 Å². The Balaban J connectivity index is 2.47. The molecule has 0 spiro atoms. The number of aryl methyl sites for hydroxylation is 1. The summed E-state index contributed by atoms with van der Waals surface area (Å²) in [6.07, 6.45) is 0. The highest BCUT2D eigenvalue weighted by Crippen LogP contribution is 2.34. The number of pyridine rings is 1. The molecular weight excluding hydrogens is 369 g/mol. The van der Waals surface area contributed by atoms with E-state index in [2.05, 4.69) is 26.2 Å². The maximum atomic E-state index is 11.0. The van der Waals surface area contributed by atoms with Gasteiger partial charge in [-0.2, -0.15) is 0 Å². The van der Waals surface area contributed by atoms with Gasteiger partial charge in [-0.3, -0.25) is 10.1 Å². The Labute approximate surface area is 133 Å². The van der Waals surface area contributed by atoms with Crippen LogP contribution in [0.5, 0.6) is 0 Å². The highest BCUT2D eigenvalue weighted by atomic mass is 79.9. The third-order valence-corrected chi connectivity index (χ3v) is 3.81. The summed E-state index contributed by atoms with van der Waals surface area (Å²) in [5, 5.41) is 14.5. The van der Waals surface area contributed by atoms with Crippen LogP contribution in [0.4, 0.5) is 17.2 Å². The fraction of sp³-hybridized carbons (Fsp3) is 0.0833. The van der Waals surface area contributed by atoms with Gasteiger partial charge in [-0.1, -0.05) is 23.2 Å². The Hall–Kier alpha value is -1.37. The average Bonchev–Trinajstić information content (AvgIpc) is 2.35. The van der Waals surface area contributed by atoms with Crippen molar-refractivity contribution in [1.29, 1.82) is 0 Å². The van der Waals surface area contributed by atoms with Crippen LogP contribution in [0.15, 0.2) is 28.7 Å². The van der Waals surface area contributed by atoms with E-state index in [0.717, 1.165) is 10.0 Å². The molecule has 0 unspecified atom stereocenters. The van der Waals surface area contributed by atoms with Gasteiger partial charge in [-0.05, 0) is 46.6 Å². The van der Waals surface area contributed by atoms with E-state index in [1.807, 2.05) is 6.92 Å². The second kappa shape index (κ2) is 5.95. The SMILES string of the molecule is Cc1cc(Br)c(Nc2nc(Cl)ccc2[N+](=O)[O-])cc1Cl. The molecule has 0 saturated carbocycles. The normalized spacial score (nSPS) is 10.4. The topological polar surface area (TPSA) is 68.1 Å². The van der Waals surface area contributed by atoms with Crippen molar-refractivity contribution >= 4 is 56.3 Å². The average molecular weight is 377 g/mol. The molecule has 20 heavy (non-hydrogen) atoms. The van der Waals surface area contributed by atoms with E-state index in [0.29, 0.717) is 10.7 Å². The molecular formula is C12H8BrCl2N3O2. The molecule has 0 aliphatic rings. The molecule has 5 nitrogen and oxygen atoms in total. The third-order valence-electron chi connectivity index (χ3n) is 2.54. The Morgan fingerprint density at radius 2 is 2.05 bits per heavy atom. The standard InChI is InChI=1S/C12H8BrCl2N3O2/c1-6-4-7(13)9(5-8(6)14)16-12-10(18(19)20)2-3-11(15)17-12/h2-5H,1H3,(H,16,17). The zero-order chi connectivity index (χ0) is 14.9. The summed E-state index contributed by atoms with van der Waals surface area (Å²) < 4.78 is 0.718. The summed E-state index contributed by atoms with van der Waals surface area (Å²) in [6.45, 7) is 1.86. The maximum absolute atomic E-state index is 11.0. The van der Waals surface area contributed by atoms with E-state index < -0.39 is 4.92 Å². The lowest BCUT2D eigenvalue weighted by atomic mass is 10.2. The van der Waals surface area contributed by atoms with E-state index >= 15 is 0 Å². The van der Waals surface area contributed by atoms with Gasteiger partial charge in [0.1, 0.15) is 5.15 Å². The first-order chi connectivity index (χ1) is 9.38. The summed E-state index contributed by atoms with van der Waals surface area (Å²) in [7, 11) is 0. The van der Waals surface area contributed by atoms with Crippen molar-refractivity contribution in [1.82, 2.24) is 4.98 Å². The lowest BCUT2D eigenvalue weighted by Crippen LogP contribution is -2.00. The molecule has 8 heteroatoms. The van der Waals surface area contributed by atoms with Crippen LogP contribution < -0.4 is 5.32 Å². The quantitative estimate of drug-likeness (QED) is 0.459.